The summed E-state index contributed by atoms with van der Waals surface area (Å²) in [7, 11) is 0. The van der Waals surface area contributed by atoms with Crippen LogP contribution in [0.3, 0.4) is 0 Å². The van der Waals surface area contributed by atoms with Crippen molar-refractivity contribution >= 4 is 43.8 Å². The molecule has 28 heavy (non-hydrogen) atoms. The second kappa shape index (κ2) is 7.28. The van der Waals surface area contributed by atoms with Crippen LogP contribution in [0, 0.1) is 11.3 Å². The normalized spacial score (nSPS) is 19.0. The molecule has 5 rings (SSSR count). The average molecular weight is 409 g/mol. The SMILES string of the molecule is N#Cc1c(NC(=O)CN2CCC[C@@H]2c2nc3ccccc3s2)sc2c1CCC2. The number of carbonyl (C=O) groups is 1. The third-order valence-corrected chi connectivity index (χ3v) is 7.94. The summed E-state index contributed by atoms with van der Waals surface area (Å²) in [5.74, 6) is -0.0376. The molecular weight excluding hydrogens is 388 g/mol. The molecule has 3 heterocycles. The van der Waals surface area contributed by atoms with Gasteiger partial charge in [0.05, 0.1) is 28.4 Å². The fraction of sp³-hybridized carbons (Fsp3) is 0.381. The number of para-hydroxylation sites is 1. The molecule has 2 aliphatic rings. The van der Waals surface area contributed by atoms with Gasteiger partial charge in [-0.1, -0.05) is 12.1 Å². The molecule has 5 nitrogen and oxygen atoms in total. The van der Waals surface area contributed by atoms with Crippen molar-refractivity contribution in [2.75, 3.05) is 18.4 Å². The Bertz CT molecular complexity index is 1060. The third-order valence-electron chi connectivity index (χ3n) is 5.59. The van der Waals surface area contributed by atoms with E-state index < -0.39 is 0 Å². The van der Waals surface area contributed by atoms with Gasteiger partial charge in [0, 0.05) is 4.88 Å². The smallest absolute Gasteiger partial charge is 0.239 e. The van der Waals surface area contributed by atoms with Gasteiger partial charge in [0.25, 0.3) is 0 Å². The van der Waals surface area contributed by atoms with Gasteiger partial charge in [0.2, 0.25) is 5.91 Å². The Morgan fingerprint density at radius 3 is 3.04 bits per heavy atom. The minimum Gasteiger partial charge on any atom is -0.315 e. The maximum absolute atomic E-state index is 12.7. The van der Waals surface area contributed by atoms with E-state index >= 15 is 0 Å². The topological polar surface area (TPSA) is 69.0 Å². The molecule has 1 N–H and O–H groups in total. The number of rotatable bonds is 4. The quantitative estimate of drug-likeness (QED) is 0.690. The second-order valence-electron chi connectivity index (χ2n) is 7.37. The first kappa shape index (κ1) is 17.8. The van der Waals surface area contributed by atoms with E-state index in [2.05, 4.69) is 22.4 Å². The molecule has 1 saturated heterocycles. The molecular formula is C21H20N4OS2. The van der Waals surface area contributed by atoms with Crippen LogP contribution in [0.2, 0.25) is 0 Å². The van der Waals surface area contributed by atoms with Gasteiger partial charge in [0.15, 0.2) is 0 Å². The summed E-state index contributed by atoms with van der Waals surface area (Å²) in [4.78, 5) is 21.0. The van der Waals surface area contributed by atoms with Crippen LogP contribution in [0.5, 0.6) is 0 Å². The summed E-state index contributed by atoms with van der Waals surface area (Å²) in [6.07, 6.45) is 5.20. The van der Waals surface area contributed by atoms with Crippen molar-refractivity contribution in [3.63, 3.8) is 0 Å². The van der Waals surface area contributed by atoms with Gasteiger partial charge in [-0.05, 0) is 56.3 Å². The van der Waals surface area contributed by atoms with Crippen molar-refractivity contribution in [2.24, 2.45) is 0 Å². The van der Waals surface area contributed by atoms with E-state index in [0.717, 1.165) is 59.7 Å². The fourth-order valence-corrected chi connectivity index (χ4v) is 6.68. The largest absolute Gasteiger partial charge is 0.315 e. The monoisotopic (exact) mass is 408 g/mol. The first-order valence-corrected chi connectivity index (χ1v) is 11.3. The average Bonchev–Trinajstić information content (AvgIpc) is 3.44. The van der Waals surface area contributed by atoms with Crippen molar-refractivity contribution in [2.45, 2.75) is 38.1 Å². The van der Waals surface area contributed by atoms with Crippen molar-refractivity contribution < 1.29 is 4.79 Å². The number of anilines is 1. The molecule has 2 aromatic heterocycles. The number of amides is 1. The zero-order valence-corrected chi connectivity index (χ0v) is 17.0. The van der Waals surface area contributed by atoms with Gasteiger partial charge in [-0.15, -0.1) is 22.7 Å². The van der Waals surface area contributed by atoms with Crippen LogP contribution in [0.4, 0.5) is 5.00 Å². The van der Waals surface area contributed by atoms with Crippen molar-refractivity contribution in [3.05, 3.63) is 45.3 Å². The number of aryl methyl sites for hydroxylation is 1. The number of hydrogen-bond donors (Lipinski definition) is 1. The fourth-order valence-electron chi connectivity index (χ4n) is 4.29. The van der Waals surface area contributed by atoms with Crippen LogP contribution in [-0.4, -0.2) is 28.9 Å². The summed E-state index contributed by atoms with van der Waals surface area (Å²) in [5.41, 5.74) is 2.86. The minimum absolute atomic E-state index is 0.0376. The van der Waals surface area contributed by atoms with Gasteiger partial charge >= 0.3 is 0 Å². The number of fused-ring (bicyclic) bond motifs is 2. The first-order chi connectivity index (χ1) is 13.7. The number of nitrogens with zero attached hydrogens (tertiary/aromatic N) is 3. The molecule has 1 aliphatic heterocycles. The zero-order valence-electron chi connectivity index (χ0n) is 15.4. The molecule has 0 saturated carbocycles. The Morgan fingerprint density at radius 2 is 2.18 bits per heavy atom. The van der Waals surface area contributed by atoms with Gasteiger partial charge in [-0.2, -0.15) is 5.26 Å². The predicted molar refractivity (Wildman–Crippen MR) is 113 cm³/mol. The molecule has 142 valence electrons. The Morgan fingerprint density at radius 1 is 1.29 bits per heavy atom. The highest BCUT2D eigenvalue weighted by Crippen LogP contribution is 2.39. The summed E-state index contributed by atoms with van der Waals surface area (Å²) >= 11 is 3.30. The van der Waals surface area contributed by atoms with E-state index in [4.69, 9.17) is 4.98 Å². The summed E-state index contributed by atoms with van der Waals surface area (Å²) in [6, 6.07) is 10.7. The van der Waals surface area contributed by atoms with E-state index in [9.17, 15) is 10.1 Å². The van der Waals surface area contributed by atoms with Crippen molar-refractivity contribution in [1.82, 2.24) is 9.88 Å². The van der Waals surface area contributed by atoms with Crippen molar-refractivity contribution in [1.29, 1.82) is 5.26 Å². The molecule has 1 aliphatic carbocycles. The summed E-state index contributed by atoms with van der Waals surface area (Å²) < 4.78 is 1.19. The number of thiazole rings is 1. The number of benzene rings is 1. The van der Waals surface area contributed by atoms with Gasteiger partial charge in [-0.3, -0.25) is 9.69 Å². The van der Waals surface area contributed by atoms with Crippen LogP contribution in [0.1, 0.15) is 46.3 Å². The van der Waals surface area contributed by atoms with E-state index in [1.54, 1.807) is 22.7 Å². The molecule has 0 spiro atoms. The third kappa shape index (κ3) is 3.12. The van der Waals surface area contributed by atoms with Crippen LogP contribution < -0.4 is 5.32 Å². The summed E-state index contributed by atoms with van der Waals surface area (Å²) in [5, 5.41) is 14.4. The molecule has 7 heteroatoms. The maximum atomic E-state index is 12.7. The first-order valence-electron chi connectivity index (χ1n) is 9.67. The molecule has 1 fully saturated rings. The van der Waals surface area contributed by atoms with Crippen LogP contribution in [0.25, 0.3) is 10.2 Å². The lowest BCUT2D eigenvalue weighted by Crippen LogP contribution is -2.32. The number of carbonyl (C=O) groups excluding carboxylic acids is 1. The maximum Gasteiger partial charge on any atom is 0.239 e. The Hall–Kier alpha value is -2.27. The highest BCUT2D eigenvalue weighted by atomic mass is 32.1. The van der Waals surface area contributed by atoms with E-state index in [1.807, 2.05) is 18.2 Å². The number of likely N-dealkylation sites (tertiary alicyclic amines) is 1. The second-order valence-corrected chi connectivity index (χ2v) is 9.54. The molecule has 1 atom stereocenters. The van der Waals surface area contributed by atoms with Crippen LogP contribution in [-0.2, 0) is 17.6 Å². The predicted octanol–water partition coefficient (Wildman–Crippen LogP) is 4.49. The summed E-state index contributed by atoms with van der Waals surface area (Å²) in [6.45, 7) is 1.24. The molecule has 1 amide bonds. The van der Waals surface area contributed by atoms with Gasteiger partial charge in [0.1, 0.15) is 16.1 Å². The highest BCUT2D eigenvalue weighted by Gasteiger charge is 2.31. The molecule has 0 radical (unpaired) electrons. The molecule has 1 aromatic carbocycles. The lowest BCUT2D eigenvalue weighted by Gasteiger charge is -2.21. The standard InChI is InChI=1S/C21H20N4OS2/c22-11-14-13-5-3-9-17(13)27-20(14)24-19(26)12-25-10-4-7-16(25)21-23-15-6-1-2-8-18(15)28-21/h1-2,6,8,16H,3-5,7,9-10,12H2,(H,24,26)/t16-/m1/s1. The molecule has 0 unspecified atom stereocenters. The number of nitrogens with one attached hydrogen (secondary N) is 1. The lowest BCUT2D eigenvalue weighted by molar-refractivity contribution is -0.117. The zero-order chi connectivity index (χ0) is 19.1. The number of nitriles is 1. The molecule has 3 aromatic rings. The lowest BCUT2D eigenvalue weighted by atomic mass is 10.1. The van der Waals surface area contributed by atoms with E-state index in [1.165, 1.54) is 9.58 Å². The van der Waals surface area contributed by atoms with Crippen LogP contribution >= 0.6 is 22.7 Å². The number of thiophene rings is 1. The highest BCUT2D eigenvalue weighted by molar-refractivity contribution is 7.18. The Balaban J connectivity index is 1.31. The van der Waals surface area contributed by atoms with Crippen molar-refractivity contribution in [3.8, 4) is 6.07 Å². The minimum atomic E-state index is -0.0376. The Labute approximate surface area is 171 Å². The number of aromatic nitrogens is 1. The van der Waals surface area contributed by atoms with E-state index in [0.29, 0.717) is 12.1 Å². The number of hydrogen-bond acceptors (Lipinski definition) is 6. The van der Waals surface area contributed by atoms with Gasteiger partial charge in [-0.25, -0.2) is 4.98 Å². The van der Waals surface area contributed by atoms with E-state index in [-0.39, 0.29) is 11.9 Å². The van der Waals surface area contributed by atoms with Gasteiger partial charge < -0.3 is 5.32 Å². The molecule has 0 bridgehead atoms. The van der Waals surface area contributed by atoms with Crippen LogP contribution in [0.15, 0.2) is 24.3 Å². The Kier molecular flexibility index (Phi) is 4.63.